The predicted molar refractivity (Wildman–Crippen MR) is 80.4 cm³/mol. The van der Waals surface area contributed by atoms with Crippen molar-refractivity contribution in [3.05, 3.63) is 34.7 Å². The van der Waals surface area contributed by atoms with Crippen LogP contribution in [0.3, 0.4) is 0 Å². The summed E-state index contributed by atoms with van der Waals surface area (Å²) >= 11 is 1.33. The number of thiophene rings is 1. The first kappa shape index (κ1) is 13.6. The number of ether oxygens (including phenoxy) is 1. The number of aromatic carboxylic acids is 1. The van der Waals surface area contributed by atoms with Crippen molar-refractivity contribution < 1.29 is 14.6 Å². The molecule has 0 bridgehead atoms. The van der Waals surface area contributed by atoms with Crippen LogP contribution in [0, 0.1) is 5.92 Å². The first-order valence-electron chi connectivity index (χ1n) is 7.07. The van der Waals surface area contributed by atoms with Crippen LogP contribution in [-0.4, -0.2) is 17.7 Å². The molecule has 0 amide bonds. The molecule has 1 aliphatic rings. The van der Waals surface area contributed by atoms with Crippen LogP contribution < -0.4 is 0 Å². The molecule has 3 rings (SSSR count). The average Bonchev–Trinajstić information content (AvgIpc) is 2.76. The molecule has 4 heteroatoms. The van der Waals surface area contributed by atoms with Gasteiger partial charge in [0.15, 0.2) is 0 Å². The van der Waals surface area contributed by atoms with Crippen LogP contribution in [0.5, 0.6) is 0 Å². The topological polar surface area (TPSA) is 46.5 Å². The van der Waals surface area contributed by atoms with Gasteiger partial charge in [-0.2, -0.15) is 0 Å². The van der Waals surface area contributed by atoms with E-state index in [1.165, 1.54) is 30.6 Å². The summed E-state index contributed by atoms with van der Waals surface area (Å²) in [6.45, 7) is 1.13. The van der Waals surface area contributed by atoms with E-state index in [9.17, 15) is 9.90 Å². The molecule has 0 spiro atoms. The van der Waals surface area contributed by atoms with E-state index in [4.69, 9.17) is 4.74 Å². The molecule has 1 N–H and O–H groups in total. The average molecular weight is 290 g/mol. The minimum atomic E-state index is -0.858. The van der Waals surface area contributed by atoms with Crippen molar-refractivity contribution in [3.63, 3.8) is 0 Å². The maximum absolute atomic E-state index is 11.3. The second-order valence-electron chi connectivity index (χ2n) is 5.35. The summed E-state index contributed by atoms with van der Waals surface area (Å²) < 4.78 is 6.74. The zero-order valence-electron chi connectivity index (χ0n) is 11.3. The van der Waals surface area contributed by atoms with Gasteiger partial charge in [0.1, 0.15) is 4.88 Å². The Kier molecular flexibility index (Phi) is 4.03. The molecule has 1 aliphatic carbocycles. The van der Waals surface area contributed by atoms with Gasteiger partial charge in [0.05, 0.1) is 6.61 Å². The monoisotopic (exact) mass is 290 g/mol. The quantitative estimate of drug-likeness (QED) is 0.806. The normalized spacial score (nSPS) is 15.4. The molecule has 0 atom stereocenters. The lowest BCUT2D eigenvalue weighted by Gasteiger charge is -2.24. The van der Waals surface area contributed by atoms with Crippen LogP contribution in [0.15, 0.2) is 24.3 Å². The van der Waals surface area contributed by atoms with Gasteiger partial charge < -0.3 is 9.84 Å². The zero-order chi connectivity index (χ0) is 13.9. The Morgan fingerprint density at radius 3 is 2.85 bits per heavy atom. The number of hydrogen-bond donors (Lipinski definition) is 1. The van der Waals surface area contributed by atoms with E-state index in [-0.39, 0.29) is 0 Å². The molecule has 20 heavy (non-hydrogen) atoms. The third kappa shape index (κ3) is 2.72. The molecule has 2 aromatic rings. The molecule has 1 saturated carbocycles. The fourth-order valence-electron chi connectivity index (χ4n) is 2.62. The molecule has 3 nitrogen and oxygen atoms in total. The van der Waals surface area contributed by atoms with Gasteiger partial charge in [-0.15, -0.1) is 11.3 Å². The van der Waals surface area contributed by atoms with Crippen LogP contribution in [-0.2, 0) is 11.3 Å². The lowest BCUT2D eigenvalue weighted by molar-refractivity contribution is 0.0688. The highest BCUT2D eigenvalue weighted by Crippen LogP contribution is 2.32. The van der Waals surface area contributed by atoms with Crippen LogP contribution in [0.4, 0.5) is 0 Å². The number of carboxylic acids is 1. The van der Waals surface area contributed by atoms with Crippen molar-refractivity contribution in [1.29, 1.82) is 0 Å². The SMILES string of the molecule is O=C(O)c1sc2ccccc2c1COCCC1CCC1. The van der Waals surface area contributed by atoms with E-state index >= 15 is 0 Å². The summed E-state index contributed by atoms with van der Waals surface area (Å²) in [5.41, 5.74) is 0.826. The fraction of sp³-hybridized carbons (Fsp3) is 0.438. The Hall–Kier alpha value is -1.39. The van der Waals surface area contributed by atoms with Crippen LogP contribution in [0.2, 0.25) is 0 Å². The van der Waals surface area contributed by atoms with Gasteiger partial charge in [-0.05, 0) is 23.8 Å². The van der Waals surface area contributed by atoms with Crippen molar-refractivity contribution in [3.8, 4) is 0 Å². The van der Waals surface area contributed by atoms with Crippen molar-refractivity contribution in [2.45, 2.75) is 32.3 Å². The van der Waals surface area contributed by atoms with E-state index in [1.807, 2.05) is 24.3 Å². The first-order chi connectivity index (χ1) is 9.75. The highest BCUT2D eigenvalue weighted by molar-refractivity contribution is 7.21. The van der Waals surface area contributed by atoms with E-state index in [0.29, 0.717) is 11.5 Å². The van der Waals surface area contributed by atoms with E-state index in [0.717, 1.165) is 34.6 Å². The van der Waals surface area contributed by atoms with Gasteiger partial charge in [0, 0.05) is 16.9 Å². The minimum absolute atomic E-state index is 0.401. The molecule has 1 heterocycles. The predicted octanol–water partition coefficient (Wildman–Crippen LogP) is 4.31. The number of benzene rings is 1. The lowest BCUT2D eigenvalue weighted by Crippen LogP contribution is -2.13. The molecular weight excluding hydrogens is 272 g/mol. The molecule has 0 unspecified atom stereocenters. The summed E-state index contributed by atoms with van der Waals surface area (Å²) in [5, 5.41) is 10.3. The number of fused-ring (bicyclic) bond motifs is 1. The Labute approximate surface area is 122 Å². The fourth-order valence-corrected chi connectivity index (χ4v) is 3.67. The van der Waals surface area contributed by atoms with Gasteiger partial charge in [0.25, 0.3) is 0 Å². The summed E-state index contributed by atoms with van der Waals surface area (Å²) in [6, 6.07) is 7.82. The first-order valence-corrected chi connectivity index (χ1v) is 7.89. The molecule has 0 aliphatic heterocycles. The standard InChI is InChI=1S/C16H18O3S/c17-16(18)15-13(10-19-9-8-11-4-3-5-11)12-6-1-2-7-14(12)20-15/h1-2,6-7,11H,3-5,8-10H2,(H,17,18). The maximum Gasteiger partial charge on any atom is 0.346 e. The number of rotatable bonds is 6. The molecular formula is C16H18O3S. The van der Waals surface area contributed by atoms with Crippen molar-refractivity contribution in [1.82, 2.24) is 0 Å². The molecule has 106 valence electrons. The summed E-state index contributed by atoms with van der Waals surface area (Å²) in [4.78, 5) is 11.8. The lowest BCUT2D eigenvalue weighted by atomic mass is 9.83. The van der Waals surface area contributed by atoms with Crippen molar-refractivity contribution >= 4 is 27.4 Å². The third-order valence-electron chi connectivity index (χ3n) is 4.03. The smallest absolute Gasteiger partial charge is 0.346 e. The Bertz CT molecular complexity index is 613. The van der Waals surface area contributed by atoms with Crippen LogP contribution in [0.25, 0.3) is 10.1 Å². The second-order valence-corrected chi connectivity index (χ2v) is 6.40. The van der Waals surface area contributed by atoms with Gasteiger partial charge in [-0.1, -0.05) is 37.5 Å². The van der Waals surface area contributed by atoms with Crippen LogP contribution >= 0.6 is 11.3 Å². The van der Waals surface area contributed by atoms with Gasteiger partial charge >= 0.3 is 5.97 Å². The van der Waals surface area contributed by atoms with E-state index in [1.54, 1.807) is 0 Å². The third-order valence-corrected chi connectivity index (χ3v) is 5.24. The van der Waals surface area contributed by atoms with Gasteiger partial charge in [-0.25, -0.2) is 4.79 Å². The number of hydrogen-bond acceptors (Lipinski definition) is 3. The molecule has 1 fully saturated rings. The second kappa shape index (κ2) is 5.94. The Balaban J connectivity index is 1.71. The largest absolute Gasteiger partial charge is 0.477 e. The van der Waals surface area contributed by atoms with Crippen LogP contribution in [0.1, 0.15) is 40.9 Å². The zero-order valence-corrected chi connectivity index (χ0v) is 12.1. The summed E-state index contributed by atoms with van der Waals surface area (Å²) in [7, 11) is 0. The molecule has 0 saturated heterocycles. The van der Waals surface area contributed by atoms with Crippen molar-refractivity contribution in [2.24, 2.45) is 5.92 Å². The highest BCUT2D eigenvalue weighted by Gasteiger charge is 2.19. The number of carbonyl (C=O) groups is 1. The summed E-state index contributed by atoms with van der Waals surface area (Å²) in [6.07, 6.45) is 5.10. The highest BCUT2D eigenvalue weighted by atomic mass is 32.1. The molecule has 1 aromatic carbocycles. The Morgan fingerprint density at radius 1 is 1.35 bits per heavy atom. The van der Waals surface area contributed by atoms with Gasteiger partial charge in [-0.3, -0.25) is 0 Å². The molecule has 0 radical (unpaired) electrons. The van der Waals surface area contributed by atoms with Crippen molar-refractivity contribution in [2.75, 3.05) is 6.61 Å². The Morgan fingerprint density at radius 2 is 2.15 bits per heavy atom. The minimum Gasteiger partial charge on any atom is -0.477 e. The number of carboxylic acid groups (broad SMARTS) is 1. The van der Waals surface area contributed by atoms with Gasteiger partial charge in [0.2, 0.25) is 0 Å². The van der Waals surface area contributed by atoms with E-state index in [2.05, 4.69) is 0 Å². The van der Waals surface area contributed by atoms with E-state index < -0.39 is 5.97 Å². The summed E-state index contributed by atoms with van der Waals surface area (Å²) in [5.74, 6) is -0.0306. The molecule has 1 aromatic heterocycles. The maximum atomic E-state index is 11.3.